The van der Waals surface area contributed by atoms with Crippen molar-refractivity contribution in [3.8, 4) is 0 Å². The molecule has 0 rings (SSSR count). The van der Waals surface area contributed by atoms with E-state index >= 15 is 0 Å². The van der Waals surface area contributed by atoms with Crippen LogP contribution in [-0.4, -0.2) is 59.9 Å². The van der Waals surface area contributed by atoms with Crippen LogP contribution in [0, 0.1) is 0 Å². The smallest absolute Gasteiger partial charge is 0.329 e. The molecule has 8 heteroatoms. The standard InChI is InChI=1S/C51H78N2O6/c1-3-5-7-9-11-13-15-17-19-21-22-24-25-27-29-31-33-35-37-42-49(56)52-44-40-39-41-48(51(58)59-47(45-54)46-55)53-50(57)43-38-36-34-32-30-28-26-23-20-18-16-14-12-10-8-6-4-2/h5-8,11-14,17-20,22,24,26-29,32-35,47-48,54-55H,3-4,9-10,15-16,21,23,25,30-31,36-46H2,1-2H3,(H,52,56)(H,53,57)/t48-/m0/s1. The van der Waals surface area contributed by atoms with Crippen molar-refractivity contribution in [2.45, 2.75) is 148 Å². The van der Waals surface area contributed by atoms with E-state index < -0.39 is 31.3 Å². The minimum absolute atomic E-state index is 0.0324. The van der Waals surface area contributed by atoms with Gasteiger partial charge in [0.2, 0.25) is 11.8 Å². The number of aliphatic hydroxyl groups is 2. The summed E-state index contributed by atoms with van der Waals surface area (Å²) in [4.78, 5) is 37.8. The van der Waals surface area contributed by atoms with Gasteiger partial charge in [-0.05, 0) is 109 Å². The topological polar surface area (TPSA) is 125 Å². The Balaban J connectivity index is 4.29. The molecule has 1 atom stereocenters. The Morgan fingerprint density at radius 3 is 1.27 bits per heavy atom. The number of unbranched alkanes of at least 4 members (excludes halogenated alkanes) is 2. The van der Waals surface area contributed by atoms with Crippen LogP contribution in [-0.2, 0) is 19.1 Å². The third-order valence-electron chi connectivity index (χ3n) is 8.62. The molecule has 0 saturated carbocycles. The summed E-state index contributed by atoms with van der Waals surface area (Å²) < 4.78 is 5.21. The third-order valence-corrected chi connectivity index (χ3v) is 8.62. The number of nitrogens with one attached hydrogen (secondary N) is 2. The summed E-state index contributed by atoms with van der Waals surface area (Å²) in [6.45, 7) is 3.71. The van der Waals surface area contributed by atoms with Gasteiger partial charge in [0.15, 0.2) is 0 Å². The molecule has 0 aliphatic carbocycles. The van der Waals surface area contributed by atoms with E-state index in [9.17, 15) is 24.6 Å². The van der Waals surface area contributed by atoms with Crippen LogP contribution in [0.1, 0.15) is 136 Å². The Labute approximate surface area is 358 Å². The van der Waals surface area contributed by atoms with Crippen LogP contribution in [0.5, 0.6) is 0 Å². The normalized spacial score (nSPS) is 13.4. The van der Waals surface area contributed by atoms with Crippen LogP contribution < -0.4 is 10.6 Å². The monoisotopic (exact) mass is 815 g/mol. The van der Waals surface area contributed by atoms with Gasteiger partial charge >= 0.3 is 5.97 Å². The number of rotatable bonds is 37. The molecule has 0 aromatic carbocycles. The van der Waals surface area contributed by atoms with Gasteiger partial charge in [0.25, 0.3) is 0 Å². The van der Waals surface area contributed by atoms with Gasteiger partial charge < -0.3 is 25.6 Å². The van der Waals surface area contributed by atoms with Crippen molar-refractivity contribution in [3.05, 3.63) is 134 Å². The van der Waals surface area contributed by atoms with E-state index in [2.05, 4.69) is 152 Å². The maximum Gasteiger partial charge on any atom is 0.329 e. The van der Waals surface area contributed by atoms with Crippen LogP contribution in [0.15, 0.2) is 134 Å². The van der Waals surface area contributed by atoms with E-state index in [0.29, 0.717) is 45.1 Å². The van der Waals surface area contributed by atoms with Gasteiger partial charge in [-0.15, -0.1) is 0 Å². The Morgan fingerprint density at radius 2 is 0.864 bits per heavy atom. The minimum Gasteiger partial charge on any atom is -0.456 e. The number of hydrogen-bond donors (Lipinski definition) is 4. The predicted molar refractivity (Wildman–Crippen MR) is 249 cm³/mol. The molecule has 0 aromatic heterocycles. The van der Waals surface area contributed by atoms with Crippen molar-refractivity contribution in [1.29, 1.82) is 0 Å². The summed E-state index contributed by atoms with van der Waals surface area (Å²) in [6.07, 6.45) is 61.0. The summed E-state index contributed by atoms with van der Waals surface area (Å²) in [7, 11) is 0. The molecule has 0 fully saturated rings. The molecule has 0 aliphatic rings. The predicted octanol–water partition coefficient (Wildman–Crippen LogP) is 11.1. The van der Waals surface area contributed by atoms with Gasteiger partial charge in [-0.3, -0.25) is 9.59 Å². The van der Waals surface area contributed by atoms with Crippen molar-refractivity contribution in [2.75, 3.05) is 19.8 Å². The second-order valence-electron chi connectivity index (χ2n) is 13.9. The Hall–Kier alpha value is -4.53. The number of hydrogen-bond acceptors (Lipinski definition) is 6. The molecule has 0 bridgehead atoms. The Bertz CT molecular complexity index is 1370. The number of ether oxygens (including phenoxy) is 1. The van der Waals surface area contributed by atoms with E-state index in [4.69, 9.17) is 4.74 Å². The van der Waals surface area contributed by atoms with E-state index in [1.54, 1.807) is 0 Å². The molecule has 59 heavy (non-hydrogen) atoms. The average Bonchev–Trinajstić information content (AvgIpc) is 3.24. The van der Waals surface area contributed by atoms with E-state index in [1.165, 1.54) is 0 Å². The zero-order valence-electron chi connectivity index (χ0n) is 36.4. The number of amides is 2. The highest BCUT2D eigenvalue weighted by molar-refractivity contribution is 5.84. The van der Waals surface area contributed by atoms with E-state index in [1.807, 2.05) is 6.08 Å². The first kappa shape index (κ1) is 54.5. The van der Waals surface area contributed by atoms with Gasteiger partial charge in [-0.2, -0.15) is 0 Å². The molecule has 4 N–H and O–H groups in total. The van der Waals surface area contributed by atoms with Crippen LogP contribution in [0.2, 0.25) is 0 Å². The maximum atomic E-state index is 12.8. The fraction of sp³-hybridized carbons (Fsp3) is 0.510. The molecule has 8 nitrogen and oxygen atoms in total. The molecule has 2 amide bonds. The number of carbonyl (C=O) groups excluding carboxylic acids is 3. The van der Waals surface area contributed by atoms with Gasteiger partial charge in [0.1, 0.15) is 12.1 Å². The molecule has 0 spiro atoms. The summed E-state index contributed by atoms with van der Waals surface area (Å²) in [5.41, 5.74) is 0. The van der Waals surface area contributed by atoms with Gasteiger partial charge in [0, 0.05) is 19.4 Å². The number of allylic oxidation sites excluding steroid dienone is 22. The molecule has 0 heterocycles. The number of esters is 1. The molecule has 0 radical (unpaired) electrons. The van der Waals surface area contributed by atoms with Crippen LogP contribution in [0.25, 0.3) is 0 Å². The maximum absolute atomic E-state index is 12.8. The molecular weight excluding hydrogens is 737 g/mol. The van der Waals surface area contributed by atoms with E-state index in [0.717, 1.165) is 77.0 Å². The lowest BCUT2D eigenvalue weighted by molar-refractivity contribution is -0.157. The molecular formula is C51H78N2O6. The summed E-state index contributed by atoms with van der Waals surface area (Å²) in [5.74, 6) is -0.980. The van der Waals surface area contributed by atoms with Crippen molar-refractivity contribution in [1.82, 2.24) is 10.6 Å². The highest BCUT2D eigenvalue weighted by Gasteiger charge is 2.24. The van der Waals surface area contributed by atoms with Crippen LogP contribution >= 0.6 is 0 Å². The third kappa shape index (κ3) is 40.1. The molecule has 328 valence electrons. The lowest BCUT2D eigenvalue weighted by Gasteiger charge is -2.20. The quantitative estimate of drug-likeness (QED) is 0.0281. The van der Waals surface area contributed by atoms with Gasteiger partial charge in [-0.25, -0.2) is 4.79 Å². The van der Waals surface area contributed by atoms with Gasteiger partial charge in [-0.1, -0.05) is 148 Å². The van der Waals surface area contributed by atoms with Crippen LogP contribution in [0.4, 0.5) is 0 Å². The lowest BCUT2D eigenvalue weighted by atomic mass is 10.1. The lowest BCUT2D eigenvalue weighted by Crippen LogP contribution is -2.44. The highest BCUT2D eigenvalue weighted by Crippen LogP contribution is 2.08. The summed E-state index contributed by atoms with van der Waals surface area (Å²) in [6, 6.07) is -0.902. The zero-order valence-corrected chi connectivity index (χ0v) is 36.4. The minimum atomic E-state index is -1.04. The van der Waals surface area contributed by atoms with Crippen molar-refractivity contribution < 1.29 is 29.3 Å². The second kappa shape index (κ2) is 44.6. The second-order valence-corrected chi connectivity index (χ2v) is 13.9. The molecule has 0 aromatic rings. The summed E-state index contributed by atoms with van der Waals surface area (Å²) >= 11 is 0. The van der Waals surface area contributed by atoms with Crippen molar-refractivity contribution >= 4 is 17.8 Å². The summed E-state index contributed by atoms with van der Waals surface area (Å²) in [5, 5.41) is 24.4. The zero-order chi connectivity index (χ0) is 43.1. The average molecular weight is 815 g/mol. The first-order chi connectivity index (χ1) is 29.0. The first-order valence-electron chi connectivity index (χ1n) is 22.1. The largest absolute Gasteiger partial charge is 0.456 e. The highest BCUT2D eigenvalue weighted by atomic mass is 16.6. The van der Waals surface area contributed by atoms with Crippen molar-refractivity contribution in [2.24, 2.45) is 0 Å². The fourth-order valence-corrected chi connectivity index (χ4v) is 5.29. The Morgan fingerprint density at radius 1 is 0.475 bits per heavy atom. The molecule has 0 saturated heterocycles. The number of aliphatic hydroxyl groups excluding tert-OH is 2. The van der Waals surface area contributed by atoms with Gasteiger partial charge in [0.05, 0.1) is 13.2 Å². The SMILES string of the molecule is CCC=CCC=CCC=CCC=CCC=CCC=CCCC(=O)NCCCC[C@H](NC(=O)CCCC=CCC=CCC=CCC=CCC=CCC)C(=O)OC(CO)CO. The number of carbonyl (C=O) groups is 3. The van der Waals surface area contributed by atoms with E-state index in [-0.39, 0.29) is 18.2 Å². The fourth-order valence-electron chi connectivity index (χ4n) is 5.29. The van der Waals surface area contributed by atoms with Crippen LogP contribution in [0.3, 0.4) is 0 Å². The molecule has 0 aliphatic heterocycles. The van der Waals surface area contributed by atoms with Crippen molar-refractivity contribution in [3.63, 3.8) is 0 Å². The first-order valence-corrected chi connectivity index (χ1v) is 22.1. The Kier molecular flexibility index (Phi) is 41.1. The molecule has 0 unspecified atom stereocenters.